The summed E-state index contributed by atoms with van der Waals surface area (Å²) in [5, 5.41) is 0. The van der Waals surface area contributed by atoms with Crippen molar-refractivity contribution in [2.75, 3.05) is 24.2 Å². The lowest BCUT2D eigenvalue weighted by Crippen LogP contribution is -2.25. The minimum Gasteiger partial charge on any atom is -0.357 e. The summed E-state index contributed by atoms with van der Waals surface area (Å²) in [4.78, 5) is 5.46. The number of halogens is 1. The van der Waals surface area contributed by atoms with Crippen LogP contribution in [0.15, 0.2) is 46.3 Å². The summed E-state index contributed by atoms with van der Waals surface area (Å²) in [6.45, 7) is 1.76. The minimum atomic E-state index is -4.23. The van der Waals surface area contributed by atoms with Crippen LogP contribution in [0.4, 0.5) is 10.2 Å². The van der Waals surface area contributed by atoms with Gasteiger partial charge in [-0.1, -0.05) is 0 Å². The van der Waals surface area contributed by atoms with Crippen molar-refractivity contribution in [1.29, 1.82) is 0 Å². The highest BCUT2D eigenvalue weighted by atomic mass is 32.2. The SMILES string of the molecule is CS(=O)(=O)c1ccc(F)c(S(=O)(=O)NCc2ccnc(N3CCCC3)c2)c1. The molecular formula is C17H20FN3O4S2. The Hall–Kier alpha value is -2.04. The highest BCUT2D eigenvalue weighted by molar-refractivity contribution is 7.91. The molecule has 1 aromatic carbocycles. The van der Waals surface area contributed by atoms with Gasteiger partial charge < -0.3 is 4.90 Å². The highest BCUT2D eigenvalue weighted by Crippen LogP contribution is 2.21. The summed E-state index contributed by atoms with van der Waals surface area (Å²) in [5.41, 5.74) is 0.676. The summed E-state index contributed by atoms with van der Waals surface area (Å²) in [7, 11) is -7.88. The molecule has 1 fully saturated rings. The van der Waals surface area contributed by atoms with E-state index in [9.17, 15) is 21.2 Å². The van der Waals surface area contributed by atoms with Gasteiger partial charge in [-0.3, -0.25) is 0 Å². The quantitative estimate of drug-likeness (QED) is 0.724. The number of hydrogen-bond acceptors (Lipinski definition) is 6. The lowest BCUT2D eigenvalue weighted by atomic mass is 10.2. The maximum atomic E-state index is 14.0. The standard InChI is InChI=1S/C17H20FN3O4S2/c1-26(22,23)14-4-5-15(18)16(11-14)27(24,25)20-12-13-6-7-19-17(10-13)21-8-2-3-9-21/h4-7,10-11,20H,2-3,8-9,12H2,1H3. The summed E-state index contributed by atoms with van der Waals surface area (Å²) in [5.74, 6) is -0.239. The van der Waals surface area contributed by atoms with Gasteiger partial charge in [0.25, 0.3) is 0 Å². The van der Waals surface area contributed by atoms with Crippen molar-refractivity contribution >= 4 is 25.7 Å². The fourth-order valence-corrected chi connectivity index (χ4v) is 4.71. The molecule has 0 aliphatic carbocycles. The second-order valence-electron chi connectivity index (χ2n) is 6.41. The second kappa shape index (κ2) is 7.53. The monoisotopic (exact) mass is 413 g/mol. The van der Waals surface area contributed by atoms with E-state index in [-0.39, 0.29) is 11.4 Å². The zero-order chi connectivity index (χ0) is 19.7. The molecule has 7 nitrogen and oxygen atoms in total. The molecule has 0 radical (unpaired) electrons. The molecule has 2 aromatic rings. The number of anilines is 1. The van der Waals surface area contributed by atoms with E-state index in [0.29, 0.717) is 5.56 Å². The average molecular weight is 413 g/mol. The van der Waals surface area contributed by atoms with Crippen LogP contribution in [0.5, 0.6) is 0 Å². The van der Waals surface area contributed by atoms with Gasteiger partial charge in [-0.25, -0.2) is 30.9 Å². The average Bonchev–Trinajstić information content (AvgIpc) is 3.14. The van der Waals surface area contributed by atoms with Gasteiger partial charge in [0.15, 0.2) is 9.84 Å². The minimum absolute atomic E-state index is 0.0613. The van der Waals surface area contributed by atoms with E-state index in [1.165, 1.54) is 0 Å². The third-order valence-electron chi connectivity index (χ3n) is 4.33. The molecule has 1 aliphatic rings. The van der Waals surface area contributed by atoms with Crippen LogP contribution in [0.1, 0.15) is 18.4 Å². The van der Waals surface area contributed by atoms with Crippen molar-refractivity contribution in [2.24, 2.45) is 0 Å². The van der Waals surface area contributed by atoms with Gasteiger partial charge in [0.2, 0.25) is 10.0 Å². The fraction of sp³-hybridized carbons (Fsp3) is 0.353. The molecule has 0 saturated carbocycles. The lowest BCUT2D eigenvalue weighted by molar-refractivity contribution is 0.555. The molecule has 3 rings (SSSR count). The van der Waals surface area contributed by atoms with Crippen LogP contribution in [-0.2, 0) is 26.4 Å². The van der Waals surface area contributed by atoms with Crippen molar-refractivity contribution in [3.05, 3.63) is 47.9 Å². The Morgan fingerprint density at radius 3 is 2.48 bits per heavy atom. The van der Waals surface area contributed by atoms with Gasteiger partial charge in [-0.05, 0) is 48.7 Å². The van der Waals surface area contributed by atoms with Crippen LogP contribution >= 0.6 is 0 Å². The van der Waals surface area contributed by atoms with Gasteiger partial charge in [0, 0.05) is 32.1 Å². The van der Waals surface area contributed by atoms with Crippen molar-refractivity contribution in [1.82, 2.24) is 9.71 Å². The number of sulfonamides is 1. The van der Waals surface area contributed by atoms with Gasteiger partial charge in [-0.15, -0.1) is 0 Å². The predicted molar refractivity (Wildman–Crippen MR) is 99.2 cm³/mol. The highest BCUT2D eigenvalue weighted by Gasteiger charge is 2.22. The summed E-state index contributed by atoms with van der Waals surface area (Å²) >= 11 is 0. The van der Waals surface area contributed by atoms with Crippen molar-refractivity contribution < 1.29 is 21.2 Å². The van der Waals surface area contributed by atoms with E-state index >= 15 is 0 Å². The van der Waals surface area contributed by atoms with Gasteiger partial charge in [0.1, 0.15) is 16.5 Å². The van der Waals surface area contributed by atoms with Gasteiger partial charge in [-0.2, -0.15) is 0 Å². The third kappa shape index (κ3) is 4.63. The van der Waals surface area contributed by atoms with E-state index in [2.05, 4.69) is 14.6 Å². The molecule has 0 spiro atoms. The Morgan fingerprint density at radius 2 is 1.81 bits per heavy atom. The Morgan fingerprint density at radius 1 is 1.11 bits per heavy atom. The number of nitrogens with zero attached hydrogens (tertiary/aromatic N) is 2. The summed E-state index contributed by atoms with van der Waals surface area (Å²) in [6, 6.07) is 6.16. The molecule has 1 aliphatic heterocycles. The molecule has 10 heteroatoms. The first kappa shape index (κ1) is 19.7. The Labute approximate surface area is 158 Å². The van der Waals surface area contributed by atoms with Gasteiger partial charge in [0.05, 0.1) is 4.90 Å². The Kier molecular flexibility index (Phi) is 5.50. The topological polar surface area (TPSA) is 96.4 Å². The fourth-order valence-electron chi connectivity index (χ4n) is 2.87. The maximum Gasteiger partial charge on any atom is 0.243 e. The number of nitrogens with one attached hydrogen (secondary N) is 1. The smallest absolute Gasteiger partial charge is 0.243 e. The van der Waals surface area contributed by atoms with Crippen LogP contribution < -0.4 is 9.62 Å². The zero-order valence-corrected chi connectivity index (χ0v) is 16.4. The van der Waals surface area contributed by atoms with E-state index in [0.717, 1.165) is 56.2 Å². The van der Waals surface area contributed by atoms with E-state index < -0.39 is 30.6 Å². The van der Waals surface area contributed by atoms with Crippen LogP contribution in [-0.4, -0.2) is 41.2 Å². The van der Waals surface area contributed by atoms with Crippen LogP contribution in [0, 0.1) is 5.82 Å². The molecule has 1 saturated heterocycles. The van der Waals surface area contributed by atoms with Crippen molar-refractivity contribution in [3.8, 4) is 0 Å². The van der Waals surface area contributed by atoms with Crippen molar-refractivity contribution in [3.63, 3.8) is 0 Å². The van der Waals surface area contributed by atoms with E-state index in [4.69, 9.17) is 0 Å². The number of pyridine rings is 1. The number of rotatable bonds is 6. The molecule has 0 amide bonds. The van der Waals surface area contributed by atoms with Crippen molar-refractivity contribution in [2.45, 2.75) is 29.2 Å². The number of benzene rings is 1. The zero-order valence-electron chi connectivity index (χ0n) is 14.7. The molecule has 0 atom stereocenters. The Balaban J connectivity index is 1.81. The van der Waals surface area contributed by atoms with E-state index in [1.54, 1.807) is 18.3 Å². The molecule has 146 valence electrons. The third-order valence-corrected chi connectivity index (χ3v) is 6.85. The molecule has 0 bridgehead atoms. The number of hydrogen-bond donors (Lipinski definition) is 1. The molecular weight excluding hydrogens is 393 g/mol. The maximum absolute atomic E-state index is 14.0. The molecule has 2 heterocycles. The second-order valence-corrected chi connectivity index (χ2v) is 10.2. The Bertz CT molecular complexity index is 1050. The normalized spacial score (nSPS) is 15.3. The lowest BCUT2D eigenvalue weighted by Gasteiger charge is -2.17. The first-order valence-corrected chi connectivity index (χ1v) is 11.7. The number of aromatic nitrogens is 1. The summed E-state index contributed by atoms with van der Waals surface area (Å²) < 4.78 is 64.5. The molecule has 1 aromatic heterocycles. The molecule has 0 unspecified atom stereocenters. The predicted octanol–water partition coefficient (Wildman–Crippen LogP) is 1.70. The van der Waals surface area contributed by atoms with Gasteiger partial charge >= 0.3 is 0 Å². The largest absolute Gasteiger partial charge is 0.357 e. The van der Waals surface area contributed by atoms with Crippen LogP contribution in [0.25, 0.3) is 0 Å². The first-order chi connectivity index (χ1) is 12.7. The van der Waals surface area contributed by atoms with Crippen LogP contribution in [0.2, 0.25) is 0 Å². The first-order valence-electron chi connectivity index (χ1n) is 8.36. The number of sulfone groups is 1. The van der Waals surface area contributed by atoms with Crippen LogP contribution in [0.3, 0.4) is 0 Å². The molecule has 1 N–H and O–H groups in total. The summed E-state index contributed by atoms with van der Waals surface area (Å²) in [6.07, 6.45) is 4.71. The van der Waals surface area contributed by atoms with E-state index in [1.807, 2.05) is 0 Å². The molecule has 27 heavy (non-hydrogen) atoms.